The molecule has 3 rings (SSSR count). The molecule has 0 heterocycles. The zero-order valence-corrected chi connectivity index (χ0v) is 18.8. The molecule has 0 radical (unpaired) electrons. The second kappa shape index (κ2) is 12.4. The topological polar surface area (TPSA) is 76.4 Å². The Morgan fingerprint density at radius 1 is 0.935 bits per heavy atom. The molecule has 9 heteroatoms. The Labute approximate surface area is 197 Å². The van der Waals surface area contributed by atoms with E-state index in [0.29, 0.717) is 42.0 Å². The first-order valence-electron chi connectivity index (χ1n) is 9.36. The van der Waals surface area contributed by atoms with E-state index in [1.54, 1.807) is 6.07 Å². The quantitative estimate of drug-likeness (QED) is 0.207. The van der Waals surface area contributed by atoms with Gasteiger partial charge in [-0.1, -0.05) is 47.5 Å². The van der Waals surface area contributed by atoms with Gasteiger partial charge < -0.3 is 15.4 Å². The fourth-order valence-electron chi connectivity index (χ4n) is 2.77. The van der Waals surface area contributed by atoms with Crippen LogP contribution in [-0.4, -0.2) is 18.0 Å². The fourth-order valence-corrected chi connectivity index (χ4v) is 3.14. The van der Waals surface area contributed by atoms with Crippen LogP contribution in [0.5, 0.6) is 5.75 Å². The maximum absolute atomic E-state index is 10.8. The van der Waals surface area contributed by atoms with Crippen LogP contribution in [-0.2, 0) is 13.2 Å². The Bertz CT molecular complexity index is 1000. The van der Waals surface area contributed by atoms with E-state index in [2.05, 4.69) is 10.6 Å². The molecule has 0 bridgehead atoms. The number of hydrogen-bond donors (Lipinski definition) is 2. The van der Waals surface area contributed by atoms with E-state index < -0.39 is 4.92 Å². The lowest BCUT2D eigenvalue weighted by Crippen LogP contribution is -2.21. The van der Waals surface area contributed by atoms with Crippen molar-refractivity contribution in [2.45, 2.75) is 13.2 Å². The van der Waals surface area contributed by atoms with E-state index >= 15 is 0 Å². The summed E-state index contributed by atoms with van der Waals surface area (Å²) >= 11 is 12.0. The number of nitro groups is 1. The largest absolute Gasteiger partial charge is 0.489 e. The Kier molecular flexibility index (Phi) is 9.88. The van der Waals surface area contributed by atoms with Crippen LogP contribution in [0, 0.1) is 10.1 Å². The summed E-state index contributed by atoms with van der Waals surface area (Å²) in [6, 6.07) is 19.9. The highest BCUT2D eigenvalue weighted by Gasteiger charge is 2.08. The van der Waals surface area contributed by atoms with Crippen molar-refractivity contribution >= 4 is 47.0 Å². The molecule has 0 aliphatic rings. The van der Waals surface area contributed by atoms with Gasteiger partial charge in [0.15, 0.2) is 0 Å². The average molecular weight is 483 g/mol. The number of non-ortho nitro benzene ring substituents is 1. The van der Waals surface area contributed by atoms with Gasteiger partial charge in [0.2, 0.25) is 0 Å². The Hall–Kier alpha value is -2.51. The van der Waals surface area contributed by atoms with Crippen LogP contribution in [0.4, 0.5) is 11.4 Å². The van der Waals surface area contributed by atoms with Crippen molar-refractivity contribution in [2.75, 3.05) is 18.4 Å². The van der Waals surface area contributed by atoms with Crippen LogP contribution in [0.25, 0.3) is 0 Å². The predicted octanol–water partition coefficient (Wildman–Crippen LogP) is 6.10. The van der Waals surface area contributed by atoms with Crippen LogP contribution in [0.3, 0.4) is 0 Å². The molecule has 164 valence electrons. The molecule has 3 aromatic carbocycles. The van der Waals surface area contributed by atoms with Gasteiger partial charge in [-0.2, -0.15) is 0 Å². The van der Waals surface area contributed by atoms with Crippen LogP contribution in [0.1, 0.15) is 11.1 Å². The van der Waals surface area contributed by atoms with Crippen LogP contribution in [0.2, 0.25) is 10.0 Å². The molecule has 0 saturated heterocycles. The lowest BCUT2D eigenvalue weighted by Gasteiger charge is -2.11. The van der Waals surface area contributed by atoms with Crippen molar-refractivity contribution in [1.29, 1.82) is 0 Å². The smallest absolute Gasteiger partial charge is 0.271 e. The molecule has 31 heavy (non-hydrogen) atoms. The second-order valence-electron chi connectivity index (χ2n) is 6.59. The third-order valence-corrected chi connectivity index (χ3v) is 4.89. The standard InChI is InChI=1S/C22H21Cl2N3O3.ClH/c23-18-6-4-16(5-7-18)15-30-20-3-1-2-17(12-20)14-25-10-11-26-22-9-8-19(27(28)29)13-21(22)24;/h1-9,12-13,25-26H,10-11,14-15H2;1H. The number of nitro benzene ring substituents is 1. The minimum absolute atomic E-state index is 0. The molecular formula is C22H22Cl3N3O3. The average Bonchev–Trinajstić information content (AvgIpc) is 2.74. The summed E-state index contributed by atoms with van der Waals surface area (Å²) in [5, 5.41) is 18.3. The minimum Gasteiger partial charge on any atom is -0.489 e. The molecule has 0 aliphatic carbocycles. The summed E-state index contributed by atoms with van der Waals surface area (Å²) in [6.07, 6.45) is 0. The Morgan fingerprint density at radius 3 is 2.42 bits per heavy atom. The first-order chi connectivity index (χ1) is 14.5. The highest BCUT2D eigenvalue weighted by Crippen LogP contribution is 2.26. The predicted molar refractivity (Wildman–Crippen MR) is 128 cm³/mol. The lowest BCUT2D eigenvalue weighted by molar-refractivity contribution is -0.384. The maximum atomic E-state index is 10.8. The van der Waals surface area contributed by atoms with Crippen molar-refractivity contribution in [3.63, 3.8) is 0 Å². The number of nitrogens with zero attached hydrogens (tertiary/aromatic N) is 1. The number of ether oxygens (including phenoxy) is 1. The molecular weight excluding hydrogens is 461 g/mol. The number of anilines is 1. The van der Waals surface area contributed by atoms with Crippen molar-refractivity contribution in [3.05, 3.63) is 98.0 Å². The van der Waals surface area contributed by atoms with E-state index in [1.807, 2.05) is 48.5 Å². The summed E-state index contributed by atoms with van der Waals surface area (Å²) in [6.45, 7) is 2.50. The molecule has 0 spiro atoms. The highest BCUT2D eigenvalue weighted by molar-refractivity contribution is 6.33. The summed E-state index contributed by atoms with van der Waals surface area (Å²) in [7, 11) is 0. The number of hydrogen-bond acceptors (Lipinski definition) is 5. The van der Waals surface area contributed by atoms with Crippen LogP contribution < -0.4 is 15.4 Å². The van der Waals surface area contributed by atoms with Crippen molar-refractivity contribution in [3.8, 4) is 5.75 Å². The molecule has 0 aliphatic heterocycles. The van der Waals surface area contributed by atoms with Gasteiger partial charge in [0.1, 0.15) is 12.4 Å². The summed E-state index contributed by atoms with van der Waals surface area (Å²) < 4.78 is 5.85. The SMILES string of the molecule is Cl.O=[N+]([O-])c1ccc(NCCNCc2cccc(OCc3ccc(Cl)cc3)c2)c(Cl)c1. The third-order valence-electron chi connectivity index (χ3n) is 4.33. The molecule has 3 aromatic rings. The van der Waals surface area contributed by atoms with Gasteiger partial charge in [0, 0.05) is 36.8 Å². The zero-order chi connectivity index (χ0) is 21.3. The summed E-state index contributed by atoms with van der Waals surface area (Å²) in [5.74, 6) is 0.806. The van der Waals surface area contributed by atoms with E-state index in [-0.39, 0.29) is 18.1 Å². The molecule has 0 fully saturated rings. The van der Waals surface area contributed by atoms with Crippen LogP contribution >= 0.6 is 35.6 Å². The van der Waals surface area contributed by atoms with E-state index in [9.17, 15) is 10.1 Å². The number of benzene rings is 3. The van der Waals surface area contributed by atoms with E-state index in [4.69, 9.17) is 27.9 Å². The zero-order valence-electron chi connectivity index (χ0n) is 16.5. The number of nitrogens with one attached hydrogen (secondary N) is 2. The lowest BCUT2D eigenvalue weighted by atomic mass is 10.2. The monoisotopic (exact) mass is 481 g/mol. The third kappa shape index (κ3) is 7.92. The van der Waals surface area contributed by atoms with Gasteiger partial charge in [0.05, 0.1) is 15.6 Å². The van der Waals surface area contributed by atoms with Gasteiger partial charge in [0.25, 0.3) is 5.69 Å². The van der Waals surface area contributed by atoms with Crippen molar-refractivity contribution in [2.24, 2.45) is 0 Å². The second-order valence-corrected chi connectivity index (χ2v) is 7.43. The molecule has 0 atom stereocenters. The van der Waals surface area contributed by atoms with Crippen molar-refractivity contribution < 1.29 is 9.66 Å². The number of halogens is 3. The number of rotatable bonds is 10. The summed E-state index contributed by atoms with van der Waals surface area (Å²) in [4.78, 5) is 10.3. The molecule has 0 aromatic heterocycles. The molecule has 2 N–H and O–H groups in total. The first kappa shape index (κ1) is 24.8. The van der Waals surface area contributed by atoms with E-state index in [0.717, 1.165) is 16.9 Å². The first-order valence-corrected chi connectivity index (χ1v) is 10.1. The van der Waals surface area contributed by atoms with Gasteiger partial charge in [-0.25, -0.2) is 0 Å². The van der Waals surface area contributed by atoms with Gasteiger partial charge >= 0.3 is 0 Å². The van der Waals surface area contributed by atoms with E-state index in [1.165, 1.54) is 12.1 Å². The minimum atomic E-state index is -0.468. The fraction of sp³-hybridized carbons (Fsp3) is 0.182. The molecule has 0 saturated carbocycles. The Balaban J connectivity index is 0.00000341. The molecule has 0 amide bonds. The molecule has 0 unspecified atom stereocenters. The maximum Gasteiger partial charge on any atom is 0.271 e. The van der Waals surface area contributed by atoms with Crippen LogP contribution in [0.15, 0.2) is 66.7 Å². The normalized spacial score (nSPS) is 10.3. The van der Waals surface area contributed by atoms with Gasteiger partial charge in [-0.15, -0.1) is 12.4 Å². The highest BCUT2D eigenvalue weighted by atomic mass is 35.5. The summed E-state index contributed by atoms with van der Waals surface area (Å²) in [5.41, 5.74) is 2.80. The Morgan fingerprint density at radius 2 is 1.71 bits per heavy atom. The van der Waals surface area contributed by atoms with Gasteiger partial charge in [-0.3, -0.25) is 10.1 Å². The van der Waals surface area contributed by atoms with Crippen molar-refractivity contribution in [1.82, 2.24) is 5.32 Å². The van der Waals surface area contributed by atoms with Gasteiger partial charge in [-0.05, 0) is 41.5 Å². The molecule has 6 nitrogen and oxygen atoms in total.